The number of halogens is 1. The van der Waals surface area contributed by atoms with Gasteiger partial charge in [-0.3, -0.25) is 9.80 Å². The molecule has 0 saturated carbocycles. The molecule has 3 heterocycles. The number of aryl methyl sites for hydroxylation is 1. The van der Waals surface area contributed by atoms with E-state index in [0.29, 0.717) is 19.8 Å². The van der Waals surface area contributed by atoms with Gasteiger partial charge in [0.15, 0.2) is 0 Å². The first-order valence-corrected chi connectivity index (χ1v) is 10.6. The molecule has 2 saturated heterocycles. The second-order valence-electron chi connectivity index (χ2n) is 7.83. The third kappa shape index (κ3) is 3.54. The number of benzene rings is 1. The lowest BCUT2D eigenvalue weighted by atomic mass is 9.82. The number of aliphatic hydroxyl groups is 1. The van der Waals surface area contributed by atoms with Crippen LogP contribution in [-0.4, -0.2) is 86.2 Å². The third-order valence-corrected chi connectivity index (χ3v) is 7.22. The quantitative estimate of drug-likeness (QED) is 0.774. The fourth-order valence-corrected chi connectivity index (χ4v) is 5.10. The highest BCUT2D eigenvalue weighted by Crippen LogP contribution is 2.46. The largest absolute Gasteiger partial charge is 0.490 e. The molecule has 0 radical (unpaired) electrons. The van der Waals surface area contributed by atoms with E-state index in [4.69, 9.17) is 14.2 Å². The van der Waals surface area contributed by atoms with Crippen molar-refractivity contribution in [1.29, 1.82) is 0 Å². The summed E-state index contributed by atoms with van der Waals surface area (Å²) >= 11 is 3.68. The molecule has 1 N–H and O–H groups in total. The van der Waals surface area contributed by atoms with Crippen LogP contribution < -0.4 is 4.74 Å². The van der Waals surface area contributed by atoms with Crippen molar-refractivity contribution in [1.82, 2.24) is 9.80 Å². The van der Waals surface area contributed by atoms with Crippen molar-refractivity contribution in [2.24, 2.45) is 0 Å². The number of rotatable bonds is 3. The summed E-state index contributed by atoms with van der Waals surface area (Å²) in [5, 5.41) is 11.7. The maximum absolute atomic E-state index is 11.7. The van der Waals surface area contributed by atoms with Gasteiger partial charge in [-0.05, 0) is 47.0 Å². The minimum Gasteiger partial charge on any atom is -0.490 e. The van der Waals surface area contributed by atoms with Gasteiger partial charge in [0.1, 0.15) is 18.5 Å². The molecule has 0 aromatic heterocycles. The van der Waals surface area contributed by atoms with Crippen LogP contribution in [0.5, 0.6) is 5.75 Å². The van der Waals surface area contributed by atoms with Crippen LogP contribution in [0.4, 0.5) is 0 Å². The van der Waals surface area contributed by atoms with E-state index in [1.54, 1.807) is 0 Å². The number of hydrogen-bond donors (Lipinski definition) is 1. The molecule has 1 aromatic carbocycles. The zero-order chi connectivity index (χ0) is 19.0. The summed E-state index contributed by atoms with van der Waals surface area (Å²) in [7, 11) is 0. The highest BCUT2D eigenvalue weighted by molar-refractivity contribution is 9.10. The van der Waals surface area contributed by atoms with Gasteiger partial charge in [0.25, 0.3) is 0 Å². The molecule has 7 heteroatoms. The Hall–Kier alpha value is -0.700. The number of hydrogen-bond acceptors (Lipinski definition) is 6. The van der Waals surface area contributed by atoms with E-state index in [-0.39, 0.29) is 0 Å². The maximum Gasteiger partial charge on any atom is 0.139 e. The second-order valence-corrected chi connectivity index (χ2v) is 8.63. The average molecular weight is 441 g/mol. The van der Waals surface area contributed by atoms with Crippen molar-refractivity contribution < 1.29 is 19.3 Å². The number of aliphatic hydroxyl groups excluding tert-OH is 1. The fraction of sp³-hybridized carbons (Fsp3) is 0.700. The molecule has 150 valence electrons. The number of ether oxygens (including phenoxy) is 3. The highest BCUT2D eigenvalue weighted by atomic mass is 79.9. The van der Waals surface area contributed by atoms with Crippen LogP contribution in [0.15, 0.2) is 10.5 Å². The van der Waals surface area contributed by atoms with Gasteiger partial charge in [0, 0.05) is 38.3 Å². The molecule has 1 aromatic rings. The normalized spacial score (nSPS) is 30.0. The van der Waals surface area contributed by atoms with Gasteiger partial charge in [-0.15, -0.1) is 0 Å². The molecule has 27 heavy (non-hydrogen) atoms. The molecule has 4 rings (SSSR count). The zero-order valence-electron chi connectivity index (χ0n) is 16.2. The molecule has 2 fully saturated rings. The molecule has 0 unspecified atom stereocenters. The lowest BCUT2D eigenvalue weighted by molar-refractivity contribution is -0.125. The van der Waals surface area contributed by atoms with E-state index in [1.165, 1.54) is 0 Å². The first kappa shape index (κ1) is 19.6. The Balaban J connectivity index is 1.72. The van der Waals surface area contributed by atoms with Crippen LogP contribution in [0.3, 0.4) is 0 Å². The Morgan fingerprint density at radius 2 is 1.74 bits per heavy atom. The van der Waals surface area contributed by atoms with E-state index in [9.17, 15) is 5.11 Å². The van der Waals surface area contributed by atoms with Gasteiger partial charge in [0.2, 0.25) is 0 Å². The molecular formula is C20H29BrN2O4. The van der Waals surface area contributed by atoms with Crippen molar-refractivity contribution in [2.75, 3.05) is 65.8 Å². The van der Waals surface area contributed by atoms with Gasteiger partial charge in [-0.1, -0.05) is 0 Å². The van der Waals surface area contributed by atoms with E-state index in [0.717, 1.165) is 72.9 Å². The lowest BCUT2D eigenvalue weighted by Gasteiger charge is -2.52. The van der Waals surface area contributed by atoms with Gasteiger partial charge in [0.05, 0.1) is 36.4 Å². The molecule has 0 spiro atoms. The third-order valence-electron chi connectivity index (χ3n) is 6.27. The summed E-state index contributed by atoms with van der Waals surface area (Å²) in [6.07, 6.45) is -0.613. The van der Waals surface area contributed by atoms with Crippen molar-refractivity contribution in [2.45, 2.75) is 25.5 Å². The minimum absolute atomic E-state index is 0.472. The van der Waals surface area contributed by atoms with Crippen LogP contribution in [-0.2, 0) is 9.47 Å². The zero-order valence-corrected chi connectivity index (χ0v) is 17.8. The fourth-order valence-electron chi connectivity index (χ4n) is 4.44. The van der Waals surface area contributed by atoms with Crippen LogP contribution in [0, 0.1) is 13.8 Å². The van der Waals surface area contributed by atoms with Gasteiger partial charge in [-0.2, -0.15) is 0 Å². The Morgan fingerprint density at radius 3 is 2.41 bits per heavy atom. The molecule has 0 bridgehead atoms. The van der Waals surface area contributed by atoms with Crippen molar-refractivity contribution in [3.05, 3.63) is 27.2 Å². The summed E-state index contributed by atoms with van der Waals surface area (Å²) < 4.78 is 18.4. The van der Waals surface area contributed by atoms with Crippen molar-refractivity contribution >= 4 is 15.9 Å². The number of fused-ring (bicyclic) bond motifs is 1. The Kier molecular flexibility index (Phi) is 5.79. The summed E-state index contributed by atoms with van der Waals surface area (Å²) in [5.41, 5.74) is 2.73. The first-order valence-electron chi connectivity index (χ1n) is 9.76. The van der Waals surface area contributed by atoms with E-state index < -0.39 is 11.6 Å². The Morgan fingerprint density at radius 1 is 1.11 bits per heavy atom. The molecule has 3 aliphatic heterocycles. The molecular weight excluding hydrogens is 412 g/mol. The Bertz CT molecular complexity index is 689. The van der Waals surface area contributed by atoms with Crippen molar-refractivity contribution in [3.63, 3.8) is 0 Å². The SMILES string of the molecule is Cc1cc2c(c(Br)c1C)OC[C@@](CN1CCOCC1)(N1CCOCC1)[C@H]2O. The van der Waals surface area contributed by atoms with Gasteiger partial charge in [-0.25, -0.2) is 0 Å². The van der Waals surface area contributed by atoms with E-state index in [1.807, 2.05) is 0 Å². The Labute approximate surface area is 169 Å². The van der Waals surface area contributed by atoms with Crippen LogP contribution >= 0.6 is 15.9 Å². The monoisotopic (exact) mass is 440 g/mol. The van der Waals surface area contributed by atoms with Crippen LogP contribution in [0.2, 0.25) is 0 Å². The maximum atomic E-state index is 11.7. The average Bonchev–Trinajstić information content (AvgIpc) is 2.70. The summed E-state index contributed by atoms with van der Waals surface area (Å²) in [6.45, 7) is 11.7. The second kappa shape index (κ2) is 7.97. The smallest absolute Gasteiger partial charge is 0.139 e. The number of nitrogens with zero attached hydrogens (tertiary/aromatic N) is 2. The summed E-state index contributed by atoms with van der Waals surface area (Å²) in [5.74, 6) is 0.788. The molecule has 6 nitrogen and oxygen atoms in total. The van der Waals surface area contributed by atoms with Gasteiger partial charge >= 0.3 is 0 Å². The van der Waals surface area contributed by atoms with Crippen molar-refractivity contribution in [3.8, 4) is 5.75 Å². The topological polar surface area (TPSA) is 54.4 Å². The van der Waals surface area contributed by atoms with Crippen LogP contribution in [0.1, 0.15) is 22.8 Å². The lowest BCUT2D eigenvalue weighted by Crippen LogP contribution is -2.66. The predicted octanol–water partition coefficient (Wildman–Crippen LogP) is 1.89. The molecule has 0 aliphatic carbocycles. The standard InChI is InChI=1S/C20H29BrN2O4/c1-14-11-16-18(17(21)15(14)2)27-13-20(19(16)24,23-5-9-26-10-6-23)12-22-3-7-25-8-4-22/h11,19,24H,3-10,12-13H2,1-2H3/t19-,20+/m0/s1. The first-order chi connectivity index (χ1) is 13.0. The van der Waals surface area contributed by atoms with E-state index in [2.05, 4.69) is 45.6 Å². The highest BCUT2D eigenvalue weighted by Gasteiger charge is 2.50. The summed E-state index contributed by atoms with van der Waals surface area (Å²) in [6, 6.07) is 2.09. The van der Waals surface area contributed by atoms with E-state index >= 15 is 0 Å². The summed E-state index contributed by atoms with van der Waals surface area (Å²) in [4.78, 5) is 4.77. The molecule has 3 aliphatic rings. The minimum atomic E-state index is -0.613. The van der Waals surface area contributed by atoms with Gasteiger partial charge < -0.3 is 19.3 Å². The molecule has 2 atom stereocenters. The number of morpholine rings is 2. The predicted molar refractivity (Wildman–Crippen MR) is 106 cm³/mol. The molecule has 0 amide bonds. The van der Waals surface area contributed by atoms with Crippen LogP contribution in [0.25, 0.3) is 0 Å².